The van der Waals surface area contributed by atoms with E-state index in [0.29, 0.717) is 13.1 Å². The fraction of sp³-hybridized carbons (Fsp3) is 0.455. The molecule has 6 heteroatoms. The second kappa shape index (κ2) is 6.54. The molecule has 2 N–H and O–H groups in total. The Morgan fingerprint density at radius 3 is 3.06 bits per heavy atom. The maximum atomic E-state index is 11.1. The number of piperazine rings is 1. The minimum Gasteiger partial charge on any atom is -0.480 e. The summed E-state index contributed by atoms with van der Waals surface area (Å²) in [5.41, 5.74) is 0.913. The molecule has 94 valence electrons. The average Bonchev–Trinajstić information content (AvgIpc) is 2.31. The lowest BCUT2D eigenvalue weighted by atomic mass is 10.2. The molecule has 1 aromatic rings. The fourth-order valence-electron chi connectivity index (χ4n) is 1.88. The van der Waals surface area contributed by atoms with Gasteiger partial charge in [-0.2, -0.15) is 0 Å². The Labute approximate surface area is 106 Å². The monoisotopic (exact) mass is 257 g/mol. The van der Waals surface area contributed by atoms with E-state index in [9.17, 15) is 4.79 Å². The maximum absolute atomic E-state index is 11.1. The number of nitrogens with zero attached hydrogens (tertiary/aromatic N) is 2. The van der Waals surface area contributed by atoms with Crippen molar-refractivity contribution in [2.24, 2.45) is 0 Å². The number of hydrogen-bond donors (Lipinski definition) is 2. The van der Waals surface area contributed by atoms with Gasteiger partial charge in [-0.25, -0.2) is 0 Å². The van der Waals surface area contributed by atoms with E-state index >= 15 is 0 Å². The van der Waals surface area contributed by atoms with E-state index in [4.69, 9.17) is 5.11 Å². The van der Waals surface area contributed by atoms with Gasteiger partial charge < -0.3 is 10.4 Å². The number of aromatic nitrogens is 1. The van der Waals surface area contributed by atoms with Crippen LogP contribution in [0.15, 0.2) is 24.4 Å². The van der Waals surface area contributed by atoms with Crippen LogP contribution in [0.1, 0.15) is 5.69 Å². The van der Waals surface area contributed by atoms with E-state index in [-0.39, 0.29) is 12.4 Å². The van der Waals surface area contributed by atoms with Crippen molar-refractivity contribution in [1.29, 1.82) is 0 Å². The zero-order valence-electron chi connectivity index (χ0n) is 9.37. The van der Waals surface area contributed by atoms with Crippen LogP contribution >= 0.6 is 12.4 Å². The summed E-state index contributed by atoms with van der Waals surface area (Å²) in [5.74, 6) is -0.775. The zero-order valence-corrected chi connectivity index (χ0v) is 10.2. The highest BCUT2D eigenvalue weighted by Crippen LogP contribution is 2.08. The minimum absolute atomic E-state index is 0. The molecule has 1 unspecified atom stereocenters. The Balaban J connectivity index is 0.00000144. The number of aliphatic carboxylic acids is 1. The van der Waals surface area contributed by atoms with Crippen molar-refractivity contribution in [2.45, 2.75) is 12.6 Å². The second-order valence-electron chi connectivity index (χ2n) is 3.85. The quantitative estimate of drug-likeness (QED) is 0.819. The van der Waals surface area contributed by atoms with Gasteiger partial charge in [0.1, 0.15) is 6.04 Å². The van der Waals surface area contributed by atoms with Crippen LogP contribution in [-0.2, 0) is 11.3 Å². The van der Waals surface area contributed by atoms with Gasteiger partial charge in [0.2, 0.25) is 0 Å². The molecule has 5 nitrogen and oxygen atoms in total. The summed E-state index contributed by atoms with van der Waals surface area (Å²) in [6.07, 6.45) is 1.73. The first-order chi connectivity index (χ1) is 7.77. The van der Waals surface area contributed by atoms with E-state index in [1.165, 1.54) is 0 Å². The first kappa shape index (κ1) is 13.9. The number of carbonyl (C=O) groups is 1. The molecule has 0 saturated carbocycles. The van der Waals surface area contributed by atoms with Crippen molar-refractivity contribution in [1.82, 2.24) is 15.2 Å². The molecule has 2 rings (SSSR count). The molecule has 0 amide bonds. The molecule has 1 aromatic heterocycles. The van der Waals surface area contributed by atoms with Crippen LogP contribution in [0, 0.1) is 0 Å². The Morgan fingerprint density at radius 2 is 2.41 bits per heavy atom. The summed E-state index contributed by atoms with van der Waals surface area (Å²) in [5, 5.41) is 12.2. The number of carboxylic acid groups (broad SMARTS) is 1. The van der Waals surface area contributed by atoms with Crippen molar-refractivity contribution in [3.8, 4) is 0 Å². The van der Waals surface area contributed by atoms with Crippen molar-refractivity contribution < 1.29 is 9.90 Å². The lowest BCUT2D eigenvalue weighted by Gasteiger charge is -2.32. The first-order valence-corrected chi connectivity index (χ1v) is 5.35. The number of rotatable bonds is 3. The molecule has 1 fully saturated rings. The van der Waals surface area contributed by atoms with Crippen molar-refractivity contribution in [2.75, 3.05) is 19.6 Å². The summed E-state index contributed by atoms with van der Waals surface area (Å²) < 4.78 is 0. The Hall–Kier alpha value is -1.17. The number of nitrogens with one attached hydrogen (secondary N) is 1. The lowest BCUT2D eigenvalue weighted by Crippen LogP contribution is -2.54. The van der Waals surface area contributed by atoms with Gasteiger partial charge in [-0.1, -0.05) is 6.07 Å². The second-order valence-corrected chi connectivity index (χ2v) is 3.85. The smallest absolute Gasteiger partial charge is 0.322 e. The summed E-state index contributed by atoms with van der Waals surface area (Å²) >= 11 is 0. The third-order valence-electron chi connectivity index (χ3n) is 2.73. The van der Waals surface area contributed by atoms with E-state index in [1.54, 1.807) is 6.20 Å². The molecule has 1 atom stereocenters. The van der Waals surface area contributed by atoms with Crippen LogP contribution in [0.5, 0.6) is 0 Å². The predicted octanol–water partition coefficient (Wildman–Crippen LogP) is 0.362. The number of carboxylic acids is 1. The van der Waals surface area contributed by atoms with E-state index in [1.807, 2.05) is 23.1 Å². The van der Waals surface area contributed by atoms with Gasteiger partial charge in [-0.05, 0) is 12.1 Å². The summed E-state index contributed by atoms with van der Waals surface area (Å²) in [6, 6.07) is 5.24. The van der Waals surface area contributed by atoms with Gasteiger partial charge in [0.25, 0.3) is 0 Å². The fourth-order valence-corrected chi connectivity index (χ4v) is 1.88. The van der Waals surface area contributed by atoms with E-state index in [0.717, 1.165) is 18.8 Å². The highest BCUT2D eigenvalue weighted by atomic mass is 35.5. The normalized spacial score (nSPS) is 20.6. The van der Waals surface area contributed by atoms with Gasteiger partial charge in [0, 0.05) is 32.4 Å². The predicted molar refractivity (Wildman–Crippen MR) is 66.2 cm³/mol. The Morgan fingerprint density at radius 1 is 1.59 bits per heavy atom. The van der Waals surface area contributed by atoms with Crippen LogP contribution in [-0.4, -0.2) is 46.6 Å². The van der Waals surface area contributed by atoms with Crippen molar-refractivity contribution in [3.63, 3.8) is 0 Å². The molecule has 17 heavy (non-hydrogen) atoms. The van der Waals surface area contributed by atoms with E-state index in [2.05, 4.69) is 10.3 Å². The van der Waals surface area contributed by atoms with Crippen LogP contribution in [0.3, 0.4) is 0 Å². The molecular formula is C11H16ClN3O2. The highest BCUT2D eigenvalue weighted by molar-refractivity contribution is 5.85. The maximum Gasteiger partial charge on any atom is 0.322 e. The molecule has 1 aliphatic heterocycles. The van der Waals surface area contributed by atoms with Crippen LogP contribution < -0.4 is 5.32 Å². The van der Waals surface area contributed by atoms with Crippen LogP contribution in [0.25, 0.3) is 0 Å². The Bertz CT molecular complexity index is 361. The molecular weight excluding hydrogens is 242 g/mol. The molecule has 1 saturated heterocycles. The van der Waals surface area contributed by atoms with Gasteiger partial charge in [0.05, 0.1) is 5.69 Å². The van der Waals surface area contributed by atoms with Gasteiger partial charge >= 0.3 is 5.97 Å². The molecule has 0 aromatic carbocycles. The highest BCUT2D eigenvalue weighted by Gasteiger charge is 2.28. The van der Waals surface area contributed by atoms with Gasteiger partial charge in [-0.15, -0.1) is 12.4 Å². The topological polar surface area (TPSA) is 65.5 Å². The van der Waals surface area contributed by atoms with Gasteiger partial charge in [0.15, 0.2) is 0 Å². The number of hydrogen-bond acceptors (Lipinski definition) is 4. The van der Waals surface area contributed by atoms with E-state index < -0.39 is 12.0 Å². The third kappa shape index (κ3) is 3.66. The van der Waals surface area contributed by atoms with Crippen molar-refractivity contribution >= 4 is 18.4 Å². The molecule has 0 bridgehead atoms. The molecule has 2 heterocycles. The SMILES string of the molecule is Cl.O=C(O)C1CNCCN1Cc1ccccn1. The third-order valence-corrected chi connectivity index (χ3v) is 2.73. The van der Waals surface area contributed by atoms with Crippen LogP contribution in [0.2, 0.25) is 0 Å². The number of pyridine rings is 1. The molecule has 0 spiro atoms. The van der Waals surface area contributed by atoms with Crippen molar-refractivity contribution in [3.05, 3.63) is 30.1 Å². The standard InChI is InChI=1S/C11H15N3O2.ClH/c15-11(16)10-7-12-5-6-14(10)8-9-3-1-2-4-13-9;/h1-4,10,12H,5-8H2,(H,15,16);1H. The molecule has 1 aliphatic rings. The Kier molecular flexibility index (Phi) is 5.34. The number of halogens is 1. The summed E-state index contributed by atoms with van der Waals surface area (Å²) in [4.78, 5) is 17.2. The molecule has 0 radical (unpaired) electrons. The summed E-state index contributed by atoms with van der Waals surface area (Å²) in [7, 11) is 0. The minimum atomic E-state index is -0.775. The van der Waals surface area contributed by atoms with Crippen LogP contribution in [0.4, 0.5) is 0 Å². The first-order valence-electron chi connectivity index (χ1n) is 5.35. The average molecular weight is 258 g/mol. The molecule has 0 aliphatic carbocycles. The van der Waals surface area contributed by atoms with Gasteiger partial charge in [-0.3, -0.25) is 14.7 Å². The lowest BCUT2D eigenvalue weighted by molar-refractivity contribution is -0.144. The zero-order chi connectivity index (χ0) is 11.4. The largest absolute Gasteiger partial charge is 0.480 e. The summed E-state index contributed by atoms with van der Waals surface area (Å²) in [6.45, 7) is 2.67.